The van der Waals surface area contributed by atoms with Crippen LogP contribution in [0.25, 0.3) is 0 Å². The number of likely N-dealkylation sites (tertiary alicyclic amines) is 1. The summed E-state index contributed by atoms with van der Waals surface area (Å²) in [5.74, 6) is 2.10. The number of hydrogen-bond donors (Lipinski definition) is 0. The van der Waals surface area contributed by atoms with Crippen LogP contribution in [0, 0.1) is 0 Å². The van der Waals surface area contributed by atoms with E-state index in [2.05, 4.69) is 0 Å². The van der Waals surface area contributed by atoms with Gasteiger partial charge in [0.05, 0.1) is 5.25 Å². The molecule has 1 amide bonds. The maximum Gasteiger partial charge on any atom is 0.235 e. The molecule has 0 aliphatic carbocycles. The highest BCUT2D eigenvalue weighted by atomic mass is 35.5. The Morgan fingerprint density at radius 1 is 1.33 bits per heavy atom. The van der Waals surface area contributed by atoms with E-state index in [1.807, 2.05) is 16.7 Å². The van der Waals surface area contributed by atoms with E-state index in [9.17, 15) is 4.79 Å². The summed E-state index contributed by atoms with van der Waals surface area (Å²) >= 11 is 7.72. The van der Waals surface area contributed by atoms with E-state index in [1.165, 1.54) is 12.8 Å². The van der Waals surface area contributed by atoms with Gasteiger partial charge >= 0.3 is 0 Å². The summed E-state index contributed by atoms with van der Waals surface area (Å²) in [5.41, 5.74) is 0. The lowest BCUT2D eigenvalue weighted by molar-refractivity contribution is -0.131. The van der Waals surface area contributed by atoms with Crippen molar-refractivity contribution >= 4 is 29.3 Å². The molecular formula is C11H18ClNOS. The van der Waals surface area contributed by atoms with E-state index in [0.29, 0.717) is 17.8 Å². The van der Waals surface area contributed by atoms with Gasteiger partial charge in [-0.2, -0.15) is 0 Å². The third-order valence-electron chi connectivity index (χ3n) is 3.29. The summed E-state index contributed by atoms with van der Waals surface area (Å²) < 4.78 is 0. The predicted octanol–water partition coefficient (Wildman–Crippen LogP) is 2.50. The van der Waals surface area contributed by atoms with Gasteiger partial charge in [0, 0.05) is 18.5 Å². The molecule has 86 valence electrons. The predicted molar refractivity (Wildman–Crippen MR) is 65.6 cm³/mol. The molecule has 0 aromatic carbocycles. The van der Waals surface area contributed by atoms with Crippen molar-refractivity contribution in [3.63, 3.8) is 0 Å². The third kappa shape index (κ3) is 2.62. The van der Waals surface area contributed by atoms with Crippen molar-refractivity contribution in [2.75, 3.05) is 18.2 Å². The van der Waals surface area contributed by atoms with Crippen LogP contribution in [-0.2, 0) is 4.79 Å². The molecule has 0 radical (unpaired) electrons. The molecule has 2 saturated heterocycles. The van der Waals surface area contributed by atoms with E-state index in [0.717, 1.165) is 31.6 Å². The smallest absolute Gasteiger partial charge is 0.235 e. The minimum atomic E-state index is 0.225. The first-order valence-electron chi connectivity index (χ1n) is 5.81. The van der Waals surface area contributed by atoms with Crippen LogP contribution < -0.4 is 0 Å². The first-order chi connectivity index (χ1) is 7.33. The highest BCUT2D eigenvalue weighted by Crippen LogP contribution is 2.29. The van der Waals surface area contributed by atoms with Crippen LogP contribution in [0.4, 0.5) is 0 Å². The Bertz CT molecular complexity index is 231. The zero-order chi connectivity index (χ0) is 10.7. The molecule has 2 nitrogen and oxygen atoms in total. The SMILES string of the molecule is O=C(C1CCCCS1)N1CCCC1CCl. The molecule has 2 atom stereocenters. The minimum Gasteiger partial charge on any atom is -0.338 e. The number of carbonyl (C=O) groups is 1. The molecule has 0 saturated carbocycles. The maximum atomic E-state index is 12.2. The Morgan fingerprint density at radius 2 is 2.20 bits per heavy atom. The Hall–Kier alpha value is 0.110. The number of rotatable bonds is 2. The zero-order valence-corrected chi connectivity index (χ0v) is 10.5. The van der Waals surface area contributed by atoms with Gasteiger partial charge in [0.15, 0.2) is 0 Å². The van der Waals surface area contributed by atoms with Gasteiger partial charge < -0.3 is 4.90 Å². The van der Waals surface area contributed by atoms with Gasteiger partial charge in [-0.25, -0.2) is 0 Å². The fourth-order valence-electron chi connectivity index (χ4n) is 2.41. The van der Waals surface area contributed by atoms with Crippen LogP contribution in [0.1, 0.15) is 32.1 Å². The van der Waals surface area contributed by atoms with E-state index in [1.54, 1.807) is 0 Å². The van der Waals surface area contributed by atoms with Crippen molar-refractivity contribution < 1.29 is 4.79 Å². The number of nitrogens with zero attached hydrogens (tertiary/aromatic N) is 1. The second-order valence-corrected chi connectivity index (χ2v) is 5.96. The van der Waals surface area contributed by atoms with E-state index < -0.39 is 0 Å². The molecule has 0 aromatic rings. The summed E-state index contributed by atoms with van der Waals surface area (Å²) in [7, 11) is 0. The topological polar surface area (TPSA) is 20.3 Å². The molecule has 2 aliphatic heterocycles. The van der Waals surface area contributed by atoms with Crippen molar-refractivity contribution in [1.29, 1.82) is 0 Å². The van der Waals surface area contributed by atoms with Crippen molar-refractivity contribution in [2.24, 2.45) is 0 Å². The molecule has 15 heavy (non-hydrogen) atoms. The molecule has 2 heterocycles. The van der Waals surface area contributed by atoms with Crippen LogP contribution >= 0.6 is 23.4 Å². The number of thioether (sulfide) groups is 1. The van der Waals surface area contributed by atoms with Gasteiger partial charge in [0.25, 0.3) is 0 Å². The second kappa shape index (κ2) is 5.44. The van der Waals surface area contributed by atoms with Gasteiger partial charge in [0.1, 0.15) is 0 Å². The number of halogens is 1. The minimum absolute atomic E-state index is 0.225. The molecule has 2 rings (SSSR count). The van der Waals surface area contributed by atoms with E-state index in [4.69, 9.17) is 11.6 Å². The third-order valence-corrected chi connectivity index (χ3v) is 5.01. The van der Waals surface area contributed by atoms with Crippen molar-refractivity contribution in [1.82, 2.24) is 4.90 Å². The largest absolute Gasteiger partial charge is 0.338 e. The standard InChI is InChI=1S/C11H18ClNOS/c12-8-9-4-3-6-13(9)11(14)10-5-1-2-7-15-10/h9-10H,1-8H2. The van der Waals surface area contributed by atoms with E-state index in [-0.39, 0.29) is 5.25 Å². The normalized spacial score (nSPS) is 31.9. The summed E-state index contributed by atoms with van der Waals surface area (Å²) in [5, 5.41) is 0.225. The highest BCUT2D eigenvalue weighted by Gasteiger charge is 2.33. The van der Waals surface area contributed by atoms with Crippen LogP contribution in [0.2, 0.25) is 0 Å². The van der Waals surface area contributed by atoms with Gasteiger partial charge in [-0.1, -0.05) is 6.42 Å². The van der Waals surface area contributed by atoms with Crippen LogP contribution in [-0.4, -0.2) is 40.3 Å². The first-order valence-corrected chi connectivity index (χ1v) is 7.39. The molecule has 0 bridgehead atoms. The van der Waals surface area contributed by atoms with E-state index >= 15 is 0 Å². The molecule has 0 aromatic heterocycles. The Balaban J connectivity index is 1.93. The first kappa shape index (κ1) is 11.6. The lowest BCUT2D eigenvalue weighted by Gasteiger charge is -2.29. The fraction of sp³-hybridized carbons (Fsp3) is 0.909. The monoisotopic (exact) mass is 247 g/mol. The lowest BCUT2D eigenvalue weighted by atomic mass is 10.1. The molecule has 0 spiro atoms. The summed E-state index contributed by atoms with van der Waals surface area (Å²) in [6.07, 6.45) is 5.76. The van der Waals surface area contributed by atoms with Crippen molar-refractivity contribution in [2.45, 2.75) is 43.4 Å². The fourth-order valence-corrected chi connectivity index (χ4v) is 3.99. The van der Waals surface area contributed by atoms with Crippen LogP contribution in [0.3, 0.4) is 0 Å². The molecule has 2 fully saturated rings. The molecular weight excluding hydrogens is 230 g/mol. The average molecular weight is 248 g/mol. The van der Waals surface area contributed by atoms with Gasteiger partial charge in [-0.15, -0.1) is 23.4 Å². The Labute approximate surface area is 101 Å². The molecule has 4 heteroatoms. The van der Waals surface area contributed by atoms with Crippen LogP contribution in [0.5, 0.6) is 0 Å². The maximum absolute atomic E-state index is 12.2. The summed E-state index contributed by atoms with van der Waals surface area (Å²) in [4.78, 5) is 14.2. The molecule has 0 N–H and O–H groups in total. The van der Waals surface area contributed by atoms with Gasteiger partial charge in [-0.3, -0.25) is 4.79 Å². The van der Waals surface area contributed by atoms with Crippen LogP contribution in [0.15, 0.2) is 0 Å². The van der Waals surface area contributed by atoms with Gasteiger partial charge in [-0.05, 0) is 31.4 Å². The Morgan fingerprint density at radius 3 is 2.87 bits per heavy atom. The molecule has 2 aliphatic rings. The average Bonchev–Trinajstić information content (AvgIpc) is 2.77. The lowest BCUT2D eigenvalue weighted by Crippen LogP contribution is -2.42. The second-order valence-electron chi connectivity index (χ2n) is 4.34. The zero-order valence-electron chi connectivity index (χ0n) is 8.95. The number of hydrogen-bond acceptors (Lipinski definition) is 2. The Kier molecular flexibility index (Phi) is 4.21. The number of alkyl halides is 1. The molecule has 2 unspecified atom stereocenters. The van der Waals surface area contributed by atoms with Crippen molar-refractivity contribution in [3.8, 4) is 0 Å². The quantitative estimate of drug-likeness (QED) is 0.699. The number of carbonyl (C=O) groups excluding carboxylic acids is 1. The highest BCUT2D eigenvalue weighted by molar-refractivity contribution is 8.00. The summed E-state index contributed by atoms with van der Waals surface area (Å²) in [6.45, 7) is 0.924. The van der Waals surface area contributed by atoms with Crippen molar-refractivity contribution in [3.05, 3.63) is 0 Å². The number of amides is 1. The van der Waals surface area contributed by atoms with Gasteiger partial charge in [0.2, 0.25) is 5.91 Å². The summed E-state index contributed by atoms with van der Waals surface area (Å²) in [6, 6.07) is 0.307.